The average Bonchev–Trinajstić information content (AvgIpc) is 2.41. The average molecular weight is 210 g/mol. The topological polar surface area (TPSA) is 25.8 Å². The monoisotopic (exact) mass is 210 g/mol. The van der Waals surface area contributed by atoms with Gasteiger partial charge in [-0.05, 0) is 36.4 Å². The molecule has 2 nitrogen and oxygen atoms in total. The molecule has 0 saturated carbocycles. The van der Waals surface area contributed by atoms with Gasteiger partial charge in [-0.25, -0.2) is 0 Å². The van der Waals surface area contributed by atoms with Crippen LogP contribution < -0.4 is 0 Å². The molecule has 0 spiro atoms. The van der Waals surface area contributed by atoms with E-state index in [9.17, 15) is 0 Å². The number of rotatable bonds is 2. The summed E-state index contributed by atoms with van der Waals surface area (Å²) in [5.41, 5.74) is 1.85. The summed E-state index contributed by atoms with van der Waals surface area (Å²) in [4.78, 5) is 7.96. The van der Waals surface area contributed by atoms with Gasteiger partial charge in [-0.2, -0.15) is 0 Å². The second-order valence-electron chi connectivity index (χ2n) is 2.92. The highest BCUT2D eigenvalue weighted by atomic mass is 14.6. The SMILES string of the molecule is C=Cc1ccccn1.C=Cc1ccccn1. The molecule has 0 aliphatic carbocycles. The highest BCUT2D eigenvalue weighted by Gasteiger charge is 1.78. The van der Waals surface area contributed by atoms with E-state index >= 15 is 0 Å². The summed E-state index contributed by atoms with van der Waals surface area (Å²) in [6.07, 6.45) is 6.94. The standard InChI is InChI=1S/2C7H7N/c2*1-2-7-5-3-4-6-8-7/h2*2-6H,1H2. The summed E-state index contributed by atoms with van der Waals surface area (Å²) in [5.74, 6) is 0. The largest absolute Gasteiger partial charge is 0.257 e. The van der Waals surface area contributed by atoms with Crippen LogP contribution in [0.1, 0.15) is 11.4 Å². The lowest BCUT2D eigenvalue weighted by atomic mass is 10.4. The van der Waals surface area contributed by atoms with Gasteiger partial charge in [-0.1, -0.05) is 25.3 Å². The summed E-state index contributed by atoms with van der Waals surface area (Å²) in [6, 6.07) is 11.5. The molecule has 0 aromatic carbocycles. The van der Waals surface area contributed by atoms with E-state index in [-0.39, 0.29) is 0 Å². The van der Waals surface area contributed by atoms with Gasteiger partial charge in [0.2, 0.25) is 0 Å². The number of hydrogen-bond acceptors (Lipinski definition) is 2. The molecule has 0 radical (unpaired) electrons. The molecule has 0 fully saturated rings. The molecule has 2 heteroatoms. The molecule has 0 aliphatic heterocycles. The number of hydrogen-bond donors (Lipinski definition) is 0. The van der Waals surface area contributed by atoms with Gasteiger partial charge >= 0.3 is 0 Å². The molecule has 16 heavy (non-hydrogen) atoms. The second kappa shape index (κ2) is 7.12. The van der Waals surface area contributed by atoms with Crippen molar-refractivity contribution in [2.45, 2.75) is 0 Å². The number of pyridine rings is 2. The first-order valence-corrected chi connectivity index (χ1v) is 4.93. The van der Waals surface area contributed by atoms with Crippen molar-refractivity contribution in [1.82, 2.24) is 9.97 Å². The molecule has 0 amide bonds. The molecule has 2 aromatic rings. The van der Waals surface area contributed by atoms with E-state index in [0.29, 0.717) is 0 Å². The van der Waals surface area contributed by atoms with Crippen molar-refractivity contribution < 1.29 is 0 Å². The van der Waals surface area contributed by atoms with E-state index in [1.165, 1.54) is 0 Å². The predicted molar refractivity (Wildman–Crippen MR) is 68.7 cm³/mol. The molecule has 0 saturated heterocycles. The fraction of sp³-hybridized carbons (Fsp3) is 0. The van der Waals surface area contributed by atoms with Gasteiger partial charge in [0, 0.05) is 12.4 Å². The Kier molecular flexibility index (Phi) is 5.28. The van der Waals surface area contributed by atoms with E-state index in [1.54, 1.807) is 24.5 Å². The first-order chi connectivity index (χ1) is 7.86. The fourth-order valence-corrected chi connectivity index (χ4v) is 0.993. The van der Waals surface area contributed by atoms with Gasteiger partial charge in [-0.3, -0.25) is 9.97 Å². The van der Waals surface area contributed by atoms with E-state index in [4.69, 9.17) is 0 Å². The molecule has 0 bridgehead atoms. The van der Waals surface area contributed by atoms with Gasteiger partial charge < -0.3 is 0 Å². The molecule has 2 rings (SSSR count). The normalized spacial score (nSPS) is 8.50. The minimum Gasteiger partial charge on any atom is -0.257 e. The lowest BCUT2D eigenvalue weighted by Gasteiger charge is -1.84. The fourth-order valence-electron chi connectivity index (χ4n) is 0.993. The van der Waals surface area contributed by atoms with Crippen LogP contribution in [0.15, 0.2) is 61.9 Å². The van der Waals surface area contributed by atoms with Crippen molar-refractivity contribution in [3.8, 4) is 0 Å². The van der Waals surface area contributed by atoms with Crippen LogP contribution >= 0.6 is 0 Å². The molecular weight excluding hydrogens is 196 g/mol. The van der Waals surface area contributed by atoms with Crippen LogP contribution in [-0.4, -0.2) is 9.97 Å². The second-order valence-corrected chi connectivity index (χ2v) is 2.92. The maximum absolute atomic E-state index is 3.98. The maximum Gasteiger partial charge on any atom is 0.0623 e. The number of aromatic nitrogens is 2. The Balaban J connectivity index is 0.000000160. The van der Waals surface area contributed by atoms with Crippen LogP contribution in [0.3, 0.4) is 0 Å². The zero-order chi connectivity index (χ0) is 11.6. The van der Waals surface area contributed by atoms with Gasteiger partial charge in [0.25, 0.3) is 0 Å². The van der Waals surface area contributed by atoms with Crippen LogP contribution in [0, 0.1) is 0 Å². The summed E-state index contributed by atoms with van der Waals surface area (Å²) >= 11 is 0. The number of nitrogens with zero attached hydrogens (tertiary/aromatic N) is 2. The van der Waals surface area contributed by atoms with E-state index in [0.717, 1.165) is 11.4 Å². The van der Waals surface area contributed by atoms with E-state index in [2.05, 4.69) is 23.1 Å². The van der Waals surface area contributed by atoms with Gasteiger partial charge in [-0.15, -0.1) is 0 Å². The smallest absolute Gasteiger partial charge is 0.0623 e. The molecule has 0 atom stereocenters. The van der Waals surface area contributed by atoms with Gasteiger partial charge in [0.05, 0.1) is 11.4 Å². The predicted octanol–water partition coefficient (Wildman–Crippen LogP) is 3.45. The summed E-state index contributed by atoms with van der Waals surface area (Å²) < 4.78 is 0. The third-order valence-corrected chi connectivity index (χ3v) is 1.79. The molecule has 0 N–H and O–H groups in total. The summed E-state index contributed by atoms with van der Waals surface area (Å²) in [7, 11) is 0. The first-order valence-electron chi connectivity index (χ1n) is 4.93. The Bertz CT molecular complexity index is 378. The Morgan fingerprint density at radius 2 is 1.19 bits per heavy atom. The van der Waals surface area contributed by atoms with E-state index in [1.807, 2.05) is 36.4 Å². The van der Waals surface area contributed by atoms with Gasteiger partial charge in [0.1, 0.15) is 0 Å². The zero-order valence-electron chi connectivity index (χ0n) is 9.08. The minimum atomic E-state index is 0.924. The van der Waals surface area contributed by atoms with Crippen LogP contribution in [0.25, 0.3) is 12.2 Å². The molecule has 0 aliphatic rings. The quantitative estimate of drug-likeness (QED) is 0.758. The third kappa shape index (κ3) is 4.33. The van der Waals surface area contributed by atoms with Crippen molar-refractivity contribution in [2.24, 2.45) is 0 Å². The van der Waals surface area contributed by atoms with Crippen molar-refractivity contribution in [3.05, 3.63) is 73.3 Å². The van der Waals surface area contributed by atoms with Crippen molar-refractivity contribution in [1.29, 1.82) is 0 Å². The first kappa shape index (κ1) is 11.9. The maximum atomic E-state index is 3.98. The van der Waals surface area contributed by atoms with Crippen molar-refractivity contribution in [2.75, 3.05) is 0 Å². The molecule has 0 unspecified atom stereocenters. The summed E-state index contributed by atoms with van der Waals surface area (Å²) in [6.45, 7) is 7.14. The highest BCUT2D eigenvalue weighted by Crippen LogP contribution is 1.92. The van der Waals surface area contributed by atoms with Crippen LogP contribution in [-0.2, 0) is 0 Å². The molecular formula is C14H14N2. The Labute approximate surface area is 96.0 Å². The van der Waals surface area contributed by atoms with Crippen molar-refractivity contribution in [3.63, 3.8) is 0 Å². The zero-order valence-corrected chi connectivity index (χ0v) is 9.08. The van der Waals surface area contributed by atoms with Gasteiger partial charge in [0.15, 0.2) is 0 Å². The minimum absolute atomic E-state index is 0.924. The van der Waals surface area contributed by atoms with E-state index < -0.39 is 0 Å². The Morgan fingerprint density at radius 1 is 0.750 bits per heavy atom. The van der Waals surface area contributed by atoms with Crippen LogP contribution in [0.2, 0.25) is 0 Å². The highest BCUT2D eigenvalue weighted by molar-refractivity contribution is 5.40. The molecule has 80 valence electrons. The lowest BCUT2D eigenvalue weighted by molar-refractivity contribution is 1.30. The summed E-state index contributed by atoms with van der Waals surface area (Å²) in [5, 5.41) is 0. The van der Waals surface area contributed by atoms with Crippen LogP contribution in [0.5, 0.6) is 0 Å². The molecule has 2 aromatic heterocycles. The van der Waals surface area contributed by atoms with Crippen LogP contribution in [0.4, 0.5) is 0 Å². The van der Waals surface area contributed by atoms with Crippen molar-refractivity contribution >= 4 is 12.2 Å². The Hall–Kier alpha value is -2.22. The lowest BCUT2D eigenvalue weighted by Crippen LogP contribution is -1.73. The third-order valence-electron chi connectivity index (χ3n) is 1.79. The Morgan fingerprint density at radius 3 is 1.38 bits per heavy atom. The molecule has 2 heterocycles.